The van der Waals surface area contributed by atoms with Gasteiger partial charge >= 0.3 is 12.2 Å². The fourth-order valence-electron chi connectivity index (χ4n) is 5.49. The lowest BCUT2D eigenvalue weighted by Gasteiger charge is -2.28. The Morgan fingerprint density at radius 2 is 1.55 bits per heavy atom. The second-order valence-corrected chi connectivity index (χ2v) is 13.3. The van der Waals surface area contributed by atoms with Crippen LogP contribution >= 0.6 is 0 Å². The third kappa shape index (κ3) is 6.43. The molecule has 2 heterocycles. The summed E-state index contributed by atoms with van der Waals surface area (Å²) in [5.74, 6) is 1.29. The van der Waals surface area contributed by atoms with Crippen LogP contribution in [0.3, 0.4) is 0 Å². The van der Waals surface area contributed by atoms with Gasteiger partial charge < -0.3 is 14.4 Å². The van der Waals surface area contributed by atoms with Gasteiger partial charge in [0.2, 0.25) is 0 Å². The minimum atomic E-state index is -0.683. The van der Waals surface area contributed by atoms with E-state index in [2.05, 4.69) is 6.07 Å². The molecule has 42 heavy (non-hydrogen) atoms. The van der Waals surface area contributed by atoms with E-state index in [1.807, 2.05) is 90.9 Å². The standard InChI is InChI=1S/C33H39N5O4/c1-21-8-12-23(13-9-21)28-16-29(35-38(28)24-14-10-22(17-34)11-15-24)37(31(40)42-33(5,6)7)20-27-25-18-36(19-26(25)27)30(39)41-32(2,3)4/h8-16,25-27H,18-20H2,1-7H3/t25-,26+,27?. The van der Waals surface area contributed by atoms with Gasteiger partial charge in [-0.2, -0.15) is 5.26 Å². The highest BCUT2D eigenvalue weighted by Crippen LogP contribution is 2.52. The molecule has 1 aliphatic heterocycles. The molecule has 1 aliphatic carbocycles. The van der Waals surface area contributed by atoms with Crippen molar-refractivity contribution in [1.29, 1.82) is 5.26 Å². The Hall–Kier alpha value is -4.32. The molecule has 9 heteroatoms. The summed E-state index contributed by atoms with van der Waals surface area (Å²) < 4.78 is 13.2. The fourth-order valence-corrected chi connectivity index (χ4v) is 5.49. The van der Waals surface area contributed by atoms with Gasteiger partial charge in [0, 0.05) is 31.3 Å². The molecule has 0 radical (unpaired) electrons. The van der Waals surface area contributed by atoms with Crippen LogP contribution < -0.4 is 4.90 Å². The van der Waals surface area contributed by atoms with Crippen molar-refractivity contribution in [3.63, 3.8) is 0 Å². The minimum Gasteiger partial charge on any atom is -0.444 e. The number of nitrogens with zero attached hydrogens (tertiary/aromatic N) is 5. The predicted molar refractivity (Wildman–Crippen MR) is 160 cm³/mol. The highest BCUT2D eigenvalue weighted by Gasteiger charge is 2.58. The summed E-state index contributed by atoms with van der Waals surface area (Å²) >= 11 is 0. The lowest BCUT2D eigenvalue weighted by atomic mass is 10.1. The van der Waals surface area contributed by atoms with Gasteiger partial charge in [-0.15, -0.1) is 5.10 Å². The molecule has 0 bridgehead atoms. The third-order valence-electron chi connectivity index (χ3n) is 7.59. The van der Waals surface area contributed by atoms with Crippen LogP contribution in [0.25, 0.3) is 16.9 Å². The van der Waals surface area contributed by atoms with Crippen LogP contribution in [0.1, 0.15) is 52.7 Å². The van der Waals surface area contributed by atoms with Crippen molar-refractivity contribution in [2.24, 2.45) is 17.8 Å². The van der Waals surface area contributed by atoms with Crippen molar-refractivity contribution in [2.45, 2.75) is 59.7 Å². The van der Waals surface area contributed by atoms with Gasteiger partial charge in [-0.3, -0.25) is 4.90 Å². The Kier molecular flexibility index (Phi) is 7.52. The van der Waals surface area contributed by atoms with E-state index < -0.39 is 17.3 Å². The van der Waals surface area contributed by atoms with Crippen molar-refractivity contribution >= 4 is 18.0 Å². The Bertz CT molecular complexity index is 1490. The molecule has 2 aromatic carbocycles. The lowest BCUT2D eigenvalue weighted by Crippen LogP contribution is -2.41. The van der Waals surface area contributed by atoms with E-state index in [-0.39, 0.29) is 12.0 Å². The number of piperidine rings is 1. The lowest BCUT2D eigenvalue weighted by molar-refractivity contribution is 0.0264. The zero-order valence-corrected chi connectivity index (χ0v) is 25.4. The number of nitriles is 1. The van der Waals surface area contributed by atoms with E-state index in [4.69, 9.17) is 14.6 Å². The number of likely N-dealkylation sites (tertiary alicyclic amines) is 1. The third-order valence-corrected chi connectivity index (χ3v) is 7.59. The van der Waals surface area contributed by atoms with Crippen LogP contribution in [0.4, 0.5) is 15.4 Å². The summed E-state index contributed by atoms with van der Waals surface area (Å²) in [6.45, 7) is 14.8. The first-order chi connectivity index (χ1) is 19.7. The molecule has 0 spiro atoms. The van der Waals surface area contributed by atoms with Crippen LogP contribution in [-0.4, -0.2) is 57.7 Å². The highest BCUT2D eigenvalue weighted by atomic mass is 16.6. The first-order valence-electron chi connectivity index (χ1n) is 14.4. The molecule has 5 rings (SSSR count). The number of rotatable bonds is 5. The number of fused-ring (bicyclic) bond motifs is 1. The topological polar surface area (TPSA) is 101 Å². The number of aryl methyl sites for hydroxylation is 1. The Balaban J connectivity index is 1.45. The number of amides is 2. The van der Waals surface area contributed by atoms with Gasteiger partial charge in [0.25, 0.3) is 0 Å². The van der Waals surface area contributed by atoms with E-state index in [0.29, 0.717) is 42.9 Å². The van der Waals surface area contributed by atoms with Crippen molar-refractivity contribution in [1.82, 2.24) is 14.7 Å². The largest absolute Gasteiger partial charge is 0.444 e. The van der Waals surface area contributed by atoms with Crippen LogP contribution in [0.2, 0.25) is 0 Å². The molecule has 9 nitrogen and oxygen atoms in total. The molecule has 220 valence electrons. The van der Waals surface area contributed by atoms with Gasteiger partial charge in [0.15, 0.2) is 5.82 Å². The van der Waals surface area contributed by atoms with E-state index in [9.17, 15) is 14.9 Å². The number of benzene rings is 2. The minimum absolute atomic E-state index is 0.221. The number of hydrogen-bond donors (Lipinski definition) is 0. The monoisotopic (exact) mass is 569 g/mol. The number of carbonyl (C=O) groups is 2. The first kappa shape index (κ1) is 29.2. The SMILES string of the molecule is Cc1ccc(-c2cc(N(CC3[C@H]4CN(C(=O)OC(C)(C)C)C[C@@H]34)C(=O)OC(C)(C)C)nn2-c2ccc(C#N)cc2)cc1. The van der Waals surface area contributed by atoms with Crippen molar-refractivity contribution in [3.05, 3.63) is 65.7 Å². The van der Waals surface area contributed by atoms with E-state index in [0.717, 1.165) is 22.5 Å². The summed E-state index contributed by atoms with van der Waals surface area (Å²) in [5, 5.41) is 14.2. The molecule has 1 aromatic heterocycles. The van der Waals surface area contributed by atoms with E-state index in [1.165, 1.54) is 0 Å². The molecule has 2 amide bonds. The first-order valence-corrected chi connectivity index (χ1v) is 14.4. The molecule has 3 aromatic rings. The predicted octanol–water partition coefficient (Wildman–Crippen LogP) is 6.57. The summed E-state index contributed by atoms with van der Waals surface area (Å²) in [4.78, 5) is 29.6. The number of aromatic nitrogens is 2. The summed E-state index contributed by atoms with van der Waals surface area (Å²) in [6.07, 6.45) is -0.752. The molecule has 1 saturated heterocycles. The average molecular weight is 570 g/mol. The smallest absolute Gasteiger partial charge is 0.416 e. The van der Waals surface area contributed by atoms with Crippen LogP contribution in [-0.2, 0) is 9.47 Å². The van der Waals surface area contributed by atoms with Crippen molar-refractivity contribution in [2.75, 3.05) is 24.5 Å². The number of carbonyl (C=O) groups excluding carboxylic acids is 2. The zero-order chi connectivity index (χ0) is 30.4. The van der Waals surface area contributed by atoms with Gasteiger partial charge in [0.05, 0.1) is 23.0 Å². The number of ether oxygens (including phenoxy) is 2. The van der Waals surface area contributed by atoms with Crippen LogP contribution in [0.15, 0.2) is 54.6 Å². The maximum absolute atomic E-state index is 13.6. The average Bonchev–Trinajstić information content (AvgIpc) is 3.23. The molecule has 1 unspecified atom stereocenters. The Morgan fingerprint density at radius 1 is 0.952 bits per heavy atom. The number of hydrogen-bond acceptors (Lipinski definition) is 6. The van der Waals surface area contributed by atoms with E-state index in [1.54, 1.807) is 26.6 Å². The Labute approximate surface area is 247 Å². The summed E-state index contributed by atoms with van der Waals surface area (Å²) in [5.41, 5.74) is 3.01. The maximum atomic E-state index is 13.6. The molecule has 2 fully saturated rings. The van der Waals surface area contributed by atoms with Crippen molar-refractivity contribution < 1.29 is 19.1 Å². The van der Waals surface area contributed by atoms with Crippen LogP contribution in [0.5, 0.6) is 0 Å². The van der Waals surface area contributed by atoms with Gasteiger partial charge in [0.1, 0.15) is 11.2 Å². The van der Waals surface area contributed by atoms with Crippen molar-refractivity contribution in [3.8, 4) is 23.0 Å². The zero-order valence-electron chi connectivity index (χ0n) is 25.4. The van der Waals surface area contributed by atoms with Gasteiger partial charge in [-0.25, -0.2) is 14.3 Å². The second-order valence-electron chi connectivity index (χ2n) is 13.3. The second kappa shape index (κ2) is 10.8. The molecule has 3 atom stereocenters. The van der Waals surface area contributed by atoms with Crippen LogP contribution in [0, 0.1) is 36.0 Å². The Morgan fingerprint density at radius 3 is 2.10 bits per heavy atom. The molecule has 1 saturated carbocycles. The quantitative estimate of drug-likeness (QED) is 0.344. The molecular weight excluding hydrogens is 530 g/mol. The van der Waals surface area contributed by atoms with Gasteiger partial charge in [-0.05, 0) is 90.5 Å². The molecule has 2 aliphatic rings. The highest BCUT2D eigenvalue weighted by molar-refractivity contribution is 5.88. The molecular formula is C33H39N5O4. The normalized spacial score (nSPS) is 19.6. The van der Waals surface area contributed by atoms with Gasteiger partial charge in [-0.1, -0.05) is 29.8 Å². The number of anilines is 1. The maximum Gasteiger partial charge on any atom is 0.416 e. The summed E-state index contributed by atoms with van der Waals surface area (Å²) in [6, 6.07) is 19.4. The van der Waals surface area contributed by atoms with E-state index >= 15 is 0 Å². The molecule has 0 N–H and O–H groups in total. The fraction of sp³-hybridized carbons (Fsp3) is 0.455. The summed E-state index contributed by atoms with van der Waals surface area (Å²) in [7, 11) is 0.